The number of nitrogens with one attached hydrogen (secondary N) is 1. The first-order chi connectivity index (χ1) is 10.3. The van der Waals surface area contributed by atoms with Crippen LogP contribution in [0, 0.1) is 5.41 Å². The van der Waals surface area contributed by atoms with Gasteiger partial charge in [0.05, 0.1) is 12.2 Å². The van der Waals surface area contributed by atoms with Crippen molar-refractivity contribution in [2.45, 2.75) is 63.7 Å². The minimum absolute atomic E-state index is 0.0351. The molecule has 0 aromatic heterocycles. The van der Waals surface area contributed by atoms with Crippen molar-refractivity contribution in [1.29, 1.82) is 0 Å². The molecule has 1 aliphatic carbocycles. The van der Waals surface area contributed by atoms with Gasteiger partial charge in [-0.05, 0) is 31.6 Å². The van der Waals surface area contributed by atoms with Crippen LogP contribution in [0.15, 0.2) is 0 Å². The van der Waals surface area contributed by atoms with E-state index in [4.69, 9.17) is 5.73 Å². The number of hydrogen-bond acceptors (Lipinski definition) is 5. The van der Waals surface area contributed by atoms with Gasteiger partial charge < -0.3 is 26.2 Å². The van der Waals surface area contributed by atoms with Gasteiger partial charge in [0.25, 0.3) is 0 Å². The topological polar surface area (TPSA) is 133 Å². The smallest absolute Gasteiger partial charge is 0.239 e. The number of hydrogen-bond donors (Lipinski definition) is 5. The third-order valence-corrected chi connectivity index (χ3v) is 5.50. The molecule has 0 aromatic carbocycles. The molecule has 8 heteroatoms. The lowest BCUT2D eigenvalue weighted by molar-refractivity contribution is -0.125. The second-order valence-corrected chi connectivity index (χ2v) is 7.64. The molecule has 1 aliphatic rings. The van der Waals surface area contributed by atoms with Gasteiger partial charge in [-0.2, -0.15) is 0 Å². The largest absolute Gasteiger partial charge is 0.391 e. The summed E-state index contributed by atoms with van der Waals surface area (Å²) in [7, 11) is -2.59. The van der Waals surface area contributed by atoms with E-state index in [0.717, 1.165) is 32.1 Å². The van der Waals surface area contributed by atoms with Gasteiger partial charge in [-0.25, -0.2) is 0 Å². The molecule has 1 fully saturated rings. The highest BCUT2D eigenvalue weighted by Gasteiger charge is 2.35. The van der Waals surface area contributed by atoms with E-state index in [9.17, 15) is 24.5 Å². The van der Waals surface area contributed by atoms with Gasteiger partial charge in [0.2, 0.25) is 5.91 Å². The quantitative estimate of drug-likeness (QED) is 0.396. The van der Waals surface area contributed by atoms with Gasteiger partial charge in [-0.3, -0.25) is 9.36 Å². The average Bonchev–Trinajstić information content (AvgIpc) is 2.43. The number of nitrogens with two attached hydrogens (primary N) is 1. The van der Waals surface area contributed by atoms with Crippen molar-refractivity contribution >= 4 is 13.9 Å². The highest BCUT2D eigenvalue weighted by Crippen LogP contribution is 2.44. The summed E-state index contributed by atoms with van der Waals surface area (Å²) in [5.74, 6) is -0.512. The number of aliphatic hydroxyl groups is 2. The molecule has 6 N–H and O–H groups in total. The first kappa shape index (κ1) is 19.6. The highest BCUT2D eigenvalue weighted by atomic mass is 31.1. The molecule has 0 aromatic rings. The zero-order valence-electron chi connectivity index (χ0n) is 13.1. The molecule has 1 saturated carbocycles. The van der Waals surface area contributed by atoms with E-state index in [1.54, 1.807) is 0 Å². The standard InChI is InChI=1S/C14H29N2O5P/c1-10(17)12(15)13(19)16-8-11(18)7-14(9-22(20)21)5-3-2-4-6-14/h10-12,17-18,22H,2-9,15H2,1H3,(H,16,19)(H,20,21). The summed E-state index contributed by atoms with van der Waals surface area (Å²) in [6.07, 6.45) is 3.67. The minimum Gasteiger partial charge on any atom is -0.391 e. The van der Waals surface area contributed by atoms with Crippen LogP contribution in [0.1, 0.15) is 45.4 Å². The second kappa shape index (κ2) is 8.99. The van der Waals surface area contributed by atoms with Crippen LogP contribution in [0.3, 0.4) is 0 Å². The summed E-state index contributed by atoms with van der Waals surface area (Å²) in [5.41, 5.74) is 5.20. The third-order valence-electron chi connectivity index (χ3n) is 4.44. The van der Waals surface area contributed by atoms with E-state index < -0.39 is 32.2 Å². The average molecular weight is 336 g/mol. The van der Waals surface area contributed by atoms with Crippen molar-refractivity contribution in [3.8, 4) is 0 Å². The highest BCUT2D eigenvalue weighted by molar-refractivity contribution is 7.38. The molecule has 1 amide bonds. The molecule has 4 unspecified atom stereocenters. The van der Waals surface area contributed by atoms with Crippen molar-refractivity contribution in [2.24, 2.45) is 11.1 Å². The molecule has 0 radical (unpaired) electrons. The van der Waals surface area contributed by atoms with E-state index in [-0.39, 0.29) is 18.1 Å². The van der Waals surface area contributed by atoms with Crippen LogP contribution in [0.2, 0.25) is 0 Å². The number of carbonyl (C=O) groups is 1. The second-order valence-electron chi connectivity index (χ2n) is 6.50. The molecular formula is C14H29N2O5P. The molecule has 0 spiro atoms. The van der Waals surface area contributed by atoms with Crippen LogP contribution in [-0.2, 0) is 9.36 Å². The Morgan fingerprint density at radius 3 is 2.41 bits per heavy atom. The summed E-state index contributed by atoms with van der Waals surface area (Å²) >= 11 is 0. The van der Waals surface area contributed by atoms with Crippen LogP contribution in [0.5, 0.6) is 0 Å². The van der Waals surface area contributed by atoms with E-state index in [2.05, 4.69) is 5.32 Å². The fraction of sp³-hybridized carbons (Fsp3) is 0.929. The molecule has 4 atom stereocenters. The Morgan fingerprint density at radius 2 is 1.91 bits per heavy atom. The van der Waals surface area contributed by atoms with Gasteiger partial charge in [0, 0.05) is 12.7 Å². The summed E-state index contributed by atoms with van der Waals surface area (Å²) < 4.78 is 11.3. The number of amides is 1. The monoisotopic (exact) mass is 336 g/mol. The summed E-state index contributed by atoms with van der Waals surface area (Å²) in [6.45, 7) is 1.46. The Balaban J connectivity index is 2.51. The lowest BCUT2D eigenvalue weighted by Crippen LogP contribution is -2.49. The minimum atomic E-state index is -2.59. The molecule has 130 valence electrons. The SMILES string of the molecule is CC(O)C(N)C(=O)NCC(O)CC1(C[PH](=O)O)CCCCC1. The van der Waals surface area contributed by atoms with E-state index in [0.29, 0.717) is 6.42 Å². The van der Waals surface area contributed by atoms with E-state index in [1.807, 2.05) is 0 Å². The van der Waals surface area contributed by atoms with E-state index >= 15 is 0 Å². The summed E-state index contributed by atoms with van der Waals surface area (Å²) in [4.78, 5) is 20.9. The zero-order valence-corrected chi connectivity index (χ0v) is 14.1. The normalized spacial score (nSPS) is 23.3. The molecule has 0 bridgehead atoms. The Bertz CT molecular complexity index is 385. The Kier molecular flexibility index (Phi) is 8.00. The molecular weight excluding hydrogens is 307 g/mol. The predicted molar refractivity (Wildman–Crippen MR) is 84.9 cm³/mol. The van der Waals surface area contributed by atoms with Gasteiger partial charge >= 0.3 is 0 Å². The van der Waals surface area contributed by atoms with Crippen LogP contribution in [0.25, 0.3) is 0 Å². The number of carbonyl (C=O) groups excluding carboxylic acids is 1. The van der Waals surface area contributed by atoms with Crippen LogP contribution < -0.4 is 11.1 Å². The van der Waals surface area contributed by atoms with Crippen molar-refractivity contribution in [1.82, 2.24) is 5.32 Å². The van der Waals surface area contributed by atoms with Crippen molar-refractivity contribution in [3.63, 3.8) is 0 Å². The van der Waals surface area contributed by atoms with Crippen molar-refractivity contribution < 1.29 is 24.5 Å². The Hall–Kier alpha value is -0.460. The summed E-state index contributed by atoms with van der Waals surface area (Å²) in [6, 6.07) is -1.02. The van der Waals surface area contributed by atoms with Crippen molar-refractivity contribution in [2.75, 3.05) is 12.7 Å². The fourth-order valence-corrected chi connectivity index (χ4v) is 4.34. The van der Waals surface area contributed by atoms with Gasteiger partial charge in [-0.15, -0.1) is 0 Å². The first-order valence-electron chi connectivity index (χ1n) is 7.87. The van der Waals surface area contributed by atoms with Crippen LogP contribution >= 0.6 is 8.03 Å². The zero-order chi connectivity index (χ0) is 16.8. The van der Waals surface area contributed by atoms with Gasteiger partial charge in [-0.1, -0.05) is 19.3 Å². The molecule has 22 heavy (non-hydrogen) atoms. The molecule has 0 aliphatic heterocycles. The lowest BCUT2D eigenvalue weighted by atomic mass is 9.72. The first-order valence-corrected chi connectivity index (χ1v) is 9.43. The van der Waals surface area contributed by atoms with Crippen LogP contribution in [-0.4, -0.2) is 52.0 Å². The van der Waals surface area contributed by atoms with Crippen LogP contribution in [0.4, 0.5) is 0 Å². The molecule has 0 saturated heterocycles. The third kappa shape index (κ3) is 6.34. The van der Waals surface area contributed by atoms with E-state index in [1.165, 1.54) is 6.92 Å². The maximum absolute atomic E-state index is 11.6. The van der Waals surface area contributed by atoms with Gasteiger partial charge in [0.1, 0.15) is 6.04 Å². The van der Waals surface area contributed by atoms with Crippen molar-refractivity contribution in [3.05, 3.63) is 0 Å². The molecule has 1 rings (SSSR count). The number of rotatable bonds is 8. The Morgan fingerprint density at radius 1 is 1.32 bits per heavy atom. The molecule has 7 nitrogen and oxygen atoms in total. The Labute approximate surface area is 132 Å². The fourth-order valence-electron chi connectivity index (χ4n) is 3.20. The number of aliphatic hydroxyl groups excluding tert-OH is 2. The van der Waals surface area contributed by atoms with Gasteiger partial charge in [0.15, 0.2) is 8.03 Å². The summed E-state index contributed by atoms with van der Waals surface area (Å²) in [5, 5.41) is 21.9. The maximum Gasteiger partial charge on any atom is 0.239 e. The maximum atomic E-state index is 11.6. The predicted octanol–water partition coefficient (Wildman–Crippen LogP) is -0.0208. The molecule has 0 heterocycles. The lowest BCUT2D eigenvalue weighted by Gasteiger charge is -2.38.